The van der Waals surface area contributed by atoms with Gasteiger partial charge in [0.25, 0.3) is 0 Å². The molecule has 25 heavy (non-hydrogen) atoms. The van der Waals surface area contributed by atoms with Gasteiger partial charge in [0.15, 0.2) is 0 Å². The summed E-state index contributed by atoms with van der Waals surface area (Å²) in [6.45, 7) is 5.02. The van der Waals surface area contributed by atoms with Gasteiger partial charge in [0.05, 0.1) is 12.5 Å². The second-order valence-electron chi connectivity index (χ2n) is 6.31. The molecule has 0 aliphatic heterocycles. The van der Waals surface area contributed by atoms with Crippen molar-refractivity contribution in [2.24, 2.45) is 5.92 Å². The van der Waals surface area contributed by atoms with E-state index >= 15 is 0 Å². The summed E-state index contributed by atoms with van der Waals surface area (Å²) in [7, 11) is 1.97. The van der Waals surface area contributed by atoms with Crippen LogP contribution in [0.15, 0.2) is 42.6 Å². The lowest BCUT2D eigenvalue weighted by atomic mass is 10.1. The topological polar surface area (TPSA) is 42.4 Å². The number of hydrogen-bond donors (Lipinski definition) is 0. The summed E-state index contributed by atoms with van der Waals surface area (Å²) in [5, 5.41) is 0. The minimum Gasteiger partial charge on any atom is -0.466 e. The van der Waals surface area contributed by atoms with Crippen molar-refractivity contribution in [1.29, 1.82) is 0 Å². The summed E-state index contributed by atoms with van der Waals surface area (Å²) < 4.78 is 19.4. The smallest absolute Gasteiger partial charge is 0.310 e. The molecule has 3 atom stereocenters. The van der Waals surface area contributed by atoms with Gasteiger partial charge in [-0.2, -0.15) is 0 Å². The average Bonchev–Trinajstić information content (AvgIpc) is 3.37. The number of benzene rings is 1. The van der Waals surface area contributed by atoms with Crippen molar-refractivity contribution in [3.8, 4) is 0 Å². The van der Waals surface area contributed by atoms with E-state index in [9.17, 15) is 9.18 Å². The molecule has 1 saturated carbocycles. The van der Waals surface area contributed by atoms with Crippen molar-refractivity contribution < 1.29 is 13.9 Å². The fraction of sp³-hybridized carbons (Fsp3) is 0.400. The van der Waals surface area contributed by atoms with Crippen LogP contribution in [0.5, 0.6) is 0 Å². The predicted octanol–water partition coefficient (Wildman–Crippen LogP) is 3.74. The Morgan fingerprint density at radius 3 is 2.56 bits per heavy atom. The molecule has 2 aromatic rings. The highest BCUT2D eigenvalue weighted by molar-refractivity contribution is 5.80. The number of ether oxygens (including phenoxy) is 1. The van der Waals surface area contributed by atoms with Crippen LogP contribution in [0.25, 0.3) is 0 Å². The lowest BCUT2D eigenvalue weighted by molar-refractivity contribution is -0.144. The van der Waals surface area contributed by atoms with Crippen LogP contribution >= 0.6 is 0 Å². The Kier molecular flexibility index (Phi) is 5.02. The van der Waals surface area contributed by atoms with E-state index in [4.69, 9.17) is 4.74 Å². The highest BCUT2D eigenvalue weighted by Gasteiger charge is 2.58. The number of esters is 1. The number of rotatable bonds is 6. The van der Waals surface area contributed by atoms with Crippen LogP contribution in [0.2, 0.25) is 0 Å². The first-order valence-corrected chi connectivity index (χ1v) is 8.66. The summed E-state index contributed by atoms with van der Waals surface area (Å²) in [4.78, 5) is 18.8. The Balaban J connectivity index is 1.89. The van der Waals surface area contributed by atoms with E-state index in [0.29, 0.717) is 12.2 Å². The third-order valence-corrected chi connectivity index (χ3v) is 4.86. The fourth-order valence-electron chi connectivity index (χ4n) is 3.37. The largest absolute Gasteiger partial charge is 0.466 e. The van der Waals surface area contributed by atoms with E-state index in [2.05, 4.69) is 11.9 Å². The Morgan fingerprint density at radius 1 is 1.20 bits per heavy atom. The number of hydrogen-bond acceptors (Lipinski definition) is 4. The highest BCUT2D eigenvalue weighted by Crippen LogP contribution is 2.61. The van der Waals surface area contributed by atoms with Gasteiger partial charge in [-0.25, -0.2) is 9.37 Å². The van der Waals surface area contributed by atoms with Crippen molar-refractivity contribution in [3.05, 3.63) is 59.5 Å². The summed E-state index contributed by atoms with van der Waals surface area (Å²) in [5.41, 5.74) is 1.51. The molecule has 132 valence electrons. The third kappa shape index (κ3) is 3.36. The molecule has 0 amide bonds. The van der Waals surface area contributed by atoms with Gasteiger partial charge in [-0.3, -0.25) is 4.79 Å². The van der Waals surface area contributed by atoms with E-state index in [1.54, 1.807) is 31.3 Å². The van der Waals surface area contributed by atoms with E-state index in [0.717, 1.165) is 17.9 Å². The molecule has 1 aromatic carbocycles. The summed E-state index contributed by atoms with van der Waals surface area (Å²) >= 11 is 0. The molecule has 3 unspecified atom stereocenters. The minimum atomic E-state index is -0.353. The first-order chi connectivity index (χ1) is 12.1. The molecule has 1 aliphatic rings. The monoisotopic (exact) mass is 342 g/mol. The lowest BCUT2D eigenvalue weighted by Gasteiger charge is -2.15. The van der Waals surface area contributed by atoms with Gasteiger partial charge < -0.3 is 9.64 Å². The Morgan fingerprint density at radius 2 is 1.96 bits per heavy atom. The quantitative estimate of drug-likeness (QED) is 0.750. The van der Waals surface area contributed by atoms with Crippen LogP contribution in [0.3, 0.4) is 0 Å². The summed E-state index contributed by atoms with van der Waals surface area (Å²) in [6.07, 6.45) is 1.79. The molecule has 5 heteroatoms. The second kappa shape index (κ2) is 7.21. The van der Waals surface area contributed by atoms with Crippen LogP contribution in [-0.2, 0) is 9.53 Å². The van der Waals surface area contributed by atoms with Crippen LogP contribution in [0, 0.1) is 11.7 Å². The Bertz CT molecular complexity index is 748. The number of anilines is 1. The molecule has 1 aliphatic carbocycles. The first-order valence-electron chi connectivity index (χ1n) is 8.66. The van der Waals surface area contributed by atoms with Gasteiger partial charge in [0, 0.05) is 31.6 Å². The van der Waals surface area contributed by atoms with Gasteiger partial charge in [0.1, 0.15) is 11.6 Å². The molecule has 1 heterocycles. The molecule has 0 bridgehead atoms. The molecule has 0 spiro atoms. The van der Waals surface area contributed by atoms with Crippen molar-refractivity contribution in [2.75, 3.05) is 25.1 Å². The molecular weight excluding hydrogens is 319 g/mol. The van der Waals surface area contributed by atoms with Gasteiger partial charge in [-0.05, 0) is 37.1 Å². The Hall–Kier alpha value is -2.43. The number of pyridine rings is 1. The number of aromatic nitrogens is 1. The zero-order valence-electron chi connectivity index (χ0n) is 14.8. The lowest BCUT2D eigenvalue weighted by Crippen LogP contribution is -2.17. The van der Waals surface area contributed by atoms with Crippen molar-refractivity contribution >= 4 is 11.8 Å². The van der Waals surface area contributed by atoms with E-state index < -0.39 is 0 Å². The second-order valence-corrected chi connectivity index (χ2v) is 6.31. The number of carbonyl (C=O) groups excluding carboxylic acids is 1. The van der Waals surface area contributed by atoms with Gasteiger partial charge >= 0.3 is 5.97 Å². The van der Waals surface area contributed by atoms with E-state index in [-0.39, 0.29) is 29.5 Å². The third-order valence-electron chi connectivity index (χ3n) is 4.86. The van der Waals surface area contributed by atoms with Crippen molar-refractivity contribution in [3.63, 3.8) is 0 Å². The molecule has 0 saturated heterocycles. The zero-order chi connectivity index (χ0) is 18.0. The maximum Gasteiger partial charge on any atom is 0.310 e. The highest BCUT2D eigenvalue weighted by atomic mass is 19.1. The summed E-state index contributed by atoms with van der Waals surface area (Å²) in [5.74, 6) is -0.313. The van der Waals surface area contributed by atoms with Gasteiger partial charge in [0.2, 0.25) is 0 Å². The molecule has 0 N–H and O–H groups in total. The van der Waals surface area contributed by atoms with Crippen molar-refractivity contribution in [1.82, 2.24) is 4.98 Å². The van der Waals surface area contributed by atoms with Gasteiger partial charge in [-0.1, -0.05) is 24.3 Å². The summed E-state index contributed by atoms with van der Waals surface area (Å²) in [6, 6.07) is 10.6. The van der Waals surface area contributed by atoms with E-state index in [1.807, 2.05) is 24.1 Å². The maximum atomic E-state index is 14.2. The Labute approximate surface area is 147 Å². The number of carbonyl (C=O) groups is 1. The molecule has 3 rings (SSSR count). The van der Waals surface area contributed by atoms with E-state index in [1.165, 1.54) is 6.07 Å². The minimum absolute atomic E-state index is 0.0931. The number of nitrogens with zero attached hydrogens (tertiary/aromatic N) is 2. The molecule has 1 aromatic heterocycles. The van der Waals surface area contributed by atoms with Crippen molar-refractivity contribution in [2.45, 2.75) is 25.7 Å². The first kappa shape index (κ1) is 17.4. The van der Waals surface area contributed by atoms with Crippen LogP contribution in [-0.4, -0.2) is 31.2 Å². The molecule has 0 radical (unpaired) electrons. The van der Waals surface area contributed by atoms with Crippen LogP contribution < -0.4 is 4.90 Å². The maximum absolute atomic E-state index is 14.2. The molecular formula is C20H23FN2O2. The SMILES string of the molecule is CCOC(=O)C1C(c2ccc(N(C)CC)nc2)C1c1ccccc1F. The average molecular weight is 342 g/mol. The molecule has 4 nitrogen and oxygen atoms in total. The molecule has 1 fully saturated rings. The number of halogens is 1. The van der Waals surface area contributed by atoms with Crippen LogP contribution in [0.4, 0.5) is 10.2 Å². The fourth-order valence-corrected chi connectivity index (χ4v) is 3.37. The zero-order valence-corrected chi connectivity index (χ0v) is 14.8. The van der Waals surface area contributed by atoms with Gasteiger partial charge in [-0.15, -0.1) is 0 Å². The standard InChI is InChI=1S/C20H23FN2O2/c1-4-23(3)16-11-10-13(12-22-16)17-18(19(17)20(24)25-5-2)14-8-6-7-9-15(14)21/h6-12,17-19H,4-5H2,1-3H3. The normalized spacial score (nSPS) is 21.7. The predicted molar refractivity (Wildman–Crippen MR) is 95.2 cm³/mol. The van der Waals surface area contributed by atoms with Crippen LogP contribution in [0.1, 0.15) is 36.8 Å².